The van der Waals surface area contributed by atoms with E-state index in [-0.39, 0.29) is 16.9 Å². The Morgan fingerprint density at radius 2 is 1.87 bits per heavy atom. The van der Waals surface area contributed by atoms with Gasteiger partial charge in [0.05, 0.1) is 6.26 Å². The van der Waals surface area contributed by atoms with E-state index in [0.29, 0.717) is 17.3 Å². The van der Waals surface area contributed by atoms with Gasteiger partial charge < -0.3 is 24.6 Å². The van der Waals surface area contributed by atoms with Gasteiger partial charge in [-0.2, -0.15) is 0 Å². The van der Waals surface area contributed by atoms with E-state index in [0.717, 1.165) is 48.1 Å². The van der Waals surface area contributed by atoms with E-state index < -0.39 is 44.5 Å². The van der Waals surface area contributed by atoms with Gasteiger partial charge >= 0.3 is 5.97 Å². The van der Waals surface area contributed by atoms with E-state index >= 15 is 0 Å². The van der Waals surface area contributed by atoms with Gasteiger partial charge in [0.1, 0.15) is 23.7 Å². The summed E-state index contributed by atoms with van der Waals surface area (Å²) >= 11 is 17.8. The molecule has 10 nitrogen and oxygen atoms in total. The number of esters is 1. The zero-order valence-electron chi connectivity index (χ0n) is 26.3. The highest BCUT2D eigenvalue weighted by atomic mass is 35.6. The molecule has 3 aliphatic rings. The highest BCUT2D eigenvalue weighted by Crippen LogP contribution is 2.46. The number of aliphatic hydroxyl groups excluding tert-OH is 1. The number of unbranched alkanes of at least 4 members (excludes halogenated alkanes) is 5. The van der Waals surface area contributed by atoms with Crippen molar-refractivity contribution in [3.63, 3.8) is 0 Å². The summed E-state index contributed by atoms with van der Waals surface area (Å²) in [4.78, 5) is 37.4. The maximum atomic E-state index is 12.3. The zero-order valence-corrected chi connectivity index (χ0v) is 30.2. The topological polar surface area (TPSA) is 131 Å². The van der Waals surface area contributed by atoms with Crippen LogP contribution in [0.3, 0.4) is 0 Å². The second-order valence-electron chi connectivity index (χ2n) is 11.1. The Morgan fingerprint density at radius 3 is 2.52 bits per heavy atom. The summed E-state index contributed by atoms with van der Waals surface area (Å²) in [5.74, 6) is 0.751. The standard InChI is InChI=1S/C18H28O3S.C13H13Cl3N2O5S/c1-3-4-5-6-7-8-11-22(19)15(2)12-16-9-10-17-18(13-16)21-14-20-17;1-5-7(3-19)24-11-8(17-6(2)20)10(21)18(11)9(5)12(22)23-4-13(14,15)16/h9-10,13,15H,3-8,11-12,14H2,1-2H3;3,8,11,19H,4H2,1-2H3,(H,17,20)/b;7-3-/t;8?,11-/m.1/s1. The van der Waals surface area contributed by atoms with Crippen LogP contribution in [0, 0.1) is 0 Å². The van der Waals surface area contributed by atoms with Crippen LogP contribution in [0.1, 0.15) is 71.8 Å². The predicted molar refractivity (Wildman–Crippen MR) is 183 cm³/mol. The van der Waals surface area contributed by atoms with Gasteiger partial charge in [-0.05, 0) is 43.0 Å². The lowest BCUT2D eigenvalue weighted by molar-refractivity contribution is -0.152. The number of aliphatic hydroxyl groups is 1. The Hall–Kier alpha value is -2.12. The molecule has 15 heteroatoms. The van der Waals surface area contributed by atoms with Crippen molar-refractivity contribution < 1.29 is 37.9 Å². The number of alkyl halides is 3. The van der Waals surface area contributed by atoms with Gasteiger partial charge in [-0.15, -0.1) is 0 Å². The number of carbonyl (C=O) groups excluding carboxylic acids is 3. The predicted octanol–water partition coefficient (Wildman–Crippen LogP) is 6.45. The third-order valence-electron chi connectivity index (χ3n) is 7.40. The number of nitrogens with zero attached hydrogens (tertiary/aromatic N) is 1. The third kappa shape index (κ3) is 10.7. The van der Waals surface area contributed by atoms with Crippen molar-refractivity contribution in [2.24, 2.45) is 0 Å². The average Bonchev–Trinajstić information content (AvgIpc) is 3.48. The first-order valence-electron chi connectivity index (χ1n) is 15.1. The monoisotopic (exact) mass is 738 g/mol. The molecule has 0 radical (unpaired) electrons. The van der Waals surface area contributed by atoms with Crippen LogP contribution in [-0.4, -0.2) is 71.6 Å². The summed E-state index contributed by atoms with van der Waals surface area (Å²) in [6.07, 6.45) is 9.15. The Morgan fingerprint density at radius 1 is 1.20 bits per heavy atom. The minimum Gasteiger partial charge on any atom is -0.514 e. The van der Waals surface area contributed by atoms with Crippen LogP contribution in [-0.2, 0) is 36.3 Å². The molecule has 1 fully saturated rings. The minimum atomic E-state index is -1.79. The summed E-state index contributed by atoms with van der Waals surface area (Å²) in [5, 5.41) is 11.5. The molecule has 3 aliphatic heterocycles. The van der Waals surface area contributed by atoms with E-state index in [9.17, 15) is 23.7 Å². The SMILES string of the molecule is CC(=O)NC1C(=O)N2C(C(=O)OCC(Cl)(Cl)Cl)=C(C)/C(=C/O)S[C@H]12.CCCCCCCCS(=O)C(C)Cc1ccc2c(c1)OCO2. The summed E-state index contributed by atoms with van der Waals surface area (Å²) in [6, 6.07) is 5.21. The van der Waals surface area contributed by atoms with E-state index in [1.54, 1.807) is 6.92 Å². The van der Waals surface area contributed by atoms with Crippen LogP contribution < -0.4 is 14.8 Å². The number of β-lactam (4-membered cyclic amide) rings is 1. The number of fused-ring (bicyclic) bond motifs is 2. The molecule has 4 atom stereocenters. The van der Waals surface area contributed by atoms with Gasteiger partial charge in [-0.25, -0.2) is 4.79 Å². The molecule has 3 heterocycles. The Kier molecular flexibility index (Phi) is 14.9. The number of allylic oxidation sites excluding steroid dienone is 1. The van der Waals surface area contributed by atoms with Crippen LogP contribution >= 0.6 is 46.6 Å². The first-order chi connectivity index (χ1) is 21.8. The molecule has 1 aromatic rings. The fraction of sp³-hybridized carbons (Fsp3) is 0.581. The lowest BCUT2D eigenvalue weighted by Crippen LogP contribution is -2.70. The summed E-state index contributed by atoms with van der Waals surface area (Å²) in [5.41, 5.74) is 1.47. The Balaban J connectivity index is 0.000000251. The van der Waals surface area contributed by atoms with Crippen molar-refractivity contribution >= 4 is 75.1 Å². The molecule has 0 aromatic heterocycles. The molecule has 4 rings (SSSR count). The largest absolute Gasteiger partial charge is 0.514 e. The lowest BCUT2D eigenvalue weighted by Gasteiger charge is -2.49. The van der Waals surface area contributed by atoms with Crippen molar-refractivity contribution in [1.29, 1.82) is 0 Å². The molecule has 0 bridgehead atoms. The molecular weight excluding hydrogens is 699 g/mol. The normalized spacial score (nSPS) is 20.7. The van der Waals surface area contributed by atoms with Crippen molar-refractivity contribution in [1.82, 2.24) is 10.2 Å². The molecule has 0 saturated carbocycles. The fourth-order valence-corrected chi connectivity index (χ4v) is 7.67. The number of hydrogen-bond donors (Lipinski definition) is 2. The van der Waals surface area contributed by atoms with Crippen LogP contribution in [0.5, 0.6) is 11.5 Å². The highest BCUT2D eigenvalue weighted by molar-refractivity contribution is 8.04. The van der Waals surface area contributed by atoms with Gasteiger partial charge in [0.15, 0.2) is 11.5 Å². The van der Waals surface area contributed by atoms with Gasteiger partial charge in [-0.1, -0.05) is 98.6 Å². The molecule has 3 unspecified atom stereocenters. The average molecular weight is 740 g/mol. The van der Waals surface area contributed by atoms with Crippen molar-refractivity contribution in [3.05, 3.63) is 46.2 Å². The van der Waals surface area contributed by atoms with Crippen molar-refractivity contribution in [2.45, 2.75) is 93.1 Å². The van der Waals surface area contributed by atoms with E-state index in [1.165, 1.54) is 49.5 Å². The second kappa shape index (κ2) is 17.9. The van der Waals surface area contributed by atoms with Crippen LogP contribution in [0.2, 0.25) is 0 Å². The van der Waals surface area contributed by atoms with Crippen LogP contribution in [0.15, 0.2) is 40.6 Å². The summed E-state index contributed by atoms with van der Waals surface area (Å²) in [6.45, 7) is 6.95. The van der Waals surface area contributed by atoms with Gasteiger partial charge in [0, 0.05) is 33.6 Å². The minimum absolute atomic E-state index is 0.0556. The zero-order chi connectivity index (χ0) is 34.0. The van der Waals surface area contributed by atoms with Crippen LogP contribution in [0.4, 0.5) is 0 Å². The molecule has 0 aliphatic carbocycles. The van der Waals surface area contributed by atoms with Gasteiger partial charge in [-0.3, -0.25) is 18.7 Å². The molecule has 1 aromatic carbocycles. The quantitative estimate of drug-likeness (QED) is 0.0771. The smallest absolute Gasteiger partial charge is 0.355 e. The number of benzene rings is 1. The second-order valence-corrected chi connectivity index (χ2v) is 16.8. The van der Waals surface area contributed by atoms with Crippen LogP contribution in [0.25, 0.3) is 0 Å². The summed E-state index contributed by atoms with van der Waals surface area (Å²) < 4.78 is 26.2. The summed E-state index contributed by atoms with van der Waals surface area (Å²) in [7, 11) is -0.743. The van der Waals surface area contributed by atoms with Gasteiger partial charge in [0.2, 0.25) is 16.5 Å². The molecular formula is C31H41Cl3N2O8S2. The molecule has 46 heavy (non-hydrogen) atoms. The first-order valence-corrected chi connectivity index (χ1v) is 18.5. The van der Waals surface area contributed by atoms with Crippen molar-refractivity contribution in [3.8, 4) is 11.5 Å². The van der Waals surface area contributed by atoms with E-state index in [4.69, 9.17) is 49.0 Å². The Labute approximate surface area is 292 Å². The number of nitrogens with one attached hydrogen (secondary N) is 1. The number of ether oxygens (including phenoxy) is 3. The number of thioether (sulfide) groups is 1. The molecule has 1 saturated heterocycles. The number of hydrogen-bond acceptors (Lipinski definition) is 9. The maximum Gasteiger partial charge on any atom is 0.355 e. The van der Waals surface area contributed by atoms with E-state index in [1.807, 2.05) is 18.2 Å². The number of rotatable bonds is 13. The molecule has 0 spiro atoms. The number of halogens is 3. The molecule has 2 amide bonds. The molecule has 256 valence electrons. The highest BCUT2D eigenvalue weighted by Gasteiger charge is 2.55. The lowest BCUT2D eigenvalue weighted by atomic mass is 10.0. The molecule has 2 N–H and O–H groups in total. The van der Waals surface area contributed by atoms with Crippen molar-refractivity contribution in [2.75, 3.05) is 19.2 Å². The Bertz CT molecular complexity index is 1350. The first kappa shape index (κ1) is 38.3. The fourth-order valence-electron chi connectivity index (χ4n) is 5.00. The number of amides is 2. The van der Waals surface area contributed by atoms with Gasteiger partial charge in [0.25, 0.3) is 5.91 Å². The van der Waals surface area contributed by atoms with E-state index in [2.05, 4.69) is 19.2 Å². The third-order valence-corrected chi connectivity index (χ3v) is 10.9. The number of carbonyl (C=O) groups is 3. The maximum absolute atomic E-state index is 12.3.